The Balaban J connectivity index is 2.33. The number of hydrogen-bond donors (Lipinski definition) is 2. The van der Waals surface area contributed by atoms with Gasteiger partial charge in [0, 0.05) is 0 Å². The van der Waals surface area contributed by atoms with Gasteiger partial charge in [0.2, 0.25) is 0 Å². The molecule has 0 aliphatic rings. The number of carbonyl (C=O) groups is 2. The van der Waals surface area contributed by atoms with Crippen LogP contribution in [0.4, 0.5) is 5.69 Å². The van der Waals surface area contributed by atoms with E-state index in [0.29, 0.717) is 0 Å². The molecule has 112 valence electrons. The highest BCUT2D eigenvalue weighted by molar-refractivity contribution is 7.38. The summed E-state index contributed by atoms with van der Waals surface area (Å²) in [6, 6.07) is 12.5. The highest BCUT2D eigenvalue weighted by Crippen LogP contribution is 2.29. The molecular weight excluding hydrogens is 305 g/mol. The van der Waals surface area contributed by atoms with Crippen LogP contribution in [0.3, 0.4) is 0 Å². The Morgan fingerprint density at radius 1 is 1.00 bits per heavy atom. The predicted octanol–water partition coefficient (Wildman–Crippen LogP) is 2.86. The summed E-state index contributed by atoms with van der Waals surface area (Å²) in [6.45, 7) is 0. The van der Waals surface area contributed by atoms with E-state index in [0.717, 1.165) is 11.6 Å². The minimum Gasteiger partial charge on any atom is -0.612 e. The minimum atomic E-state index is -2.01. The zero-order valence-corrected chi connectivity index (χ0v) is 12.2. The van der Waals surface area contributed by atoms with Crippen molar-refractivity contribution in [3.63, 3.8) is 0 Å². The SMILES string of the molecule is O=C(O)c1cc(/N=[P+](\[O-])Cc2ccccc2)cc(C(=O)O)c1. The molecule has 1 atom stereocenters. The molecule has 0 fully saturated rings. The molecule has 0 bridgehead atoms. The van der Waals surface area contributed by atoms with Crippen LogP contribution in [-0.4, -0.2) is 22.2 Å². The molecule has 0 spiro atoms. The summed E-state index contributed by atoms with van der Waals surface area (Å²) < 4.78 is 3.92. The lowest BCUT2D eigenvalue weighted by Gasteiger charge is -2.01. The number of rotatable bonds is 5. The molecule has 22 heavy (non-hydrogen) atoms. The van der Waals surface area contributed by atoms with E-state index >= 15 is 0 Å². The minimum absolute atomic E-state index is 0.0781. The maximum absolute atomic E-state index is 12.0. The van der Waals surface area contributed by atoms with Crippen molar-refractivity contribution in [1.82, 2.24) is 0 Å². The monoisotopic (exact) mass is 317 g/mol. The smallest absolute Gasteiger partial charge is 0.335 e. The third kappa shape index (κ3) is 4.22. The lowest BCUT2D eigenvalue weighted by molar-refractivity contribution is -0.155. The Hall–Kier alpha value is -2.56. The molecule has 6 nitrogen and oxygen atoms in total. The van der Waals surface area contributed by atoms with Crippen LogP contribution in [0.5, 0.6) is 0 Å². The zero-order chi connectivity index (χ0) is 16.1. The Labute approximate surface area is 127 Å². The molecule has 2 aromatic rings. The standard InChI is InChI=1S/C15H12NO5P/c17-14(18)11-6-12(15(19)20)8-13(7-11)16-22(21)9-10-4-2-1-3-5-10/h1-8H,9H2,(H,17,18)(H,19,20). The lowest BCUT2D eigenvalue weighted by atomic mass is 10.1. The van der Waals surface area contributed by atoms with E-state index in [1.807, 2.05) is 18.2 Å². The normalized spacial score (nSPS) is 11.2. The molecule has 0 amide bonds. The van der Waals surface area contributed by atoms with E-state index in [2.05, 4.69) is 4.74 Å². The van der Waals surface area contributed by atoms with E-state index < -0.39 is 19.9 Å². The average molecular weight is 317 g/mol. The van der Waals surface area contributed by atoms with E-state index in [9.17, 15) is 14.5 Å². The summed E-state index contributed by atoms with van der Waals surface area (Å²) >= 11 is 0. The Morgan fingerprint density at radius 3 is 2.05 bits per heavy atom. The van der Waals surface area contributed by atoms with Crippen LogP contribution in [0.2, 0.25) is 0 Å². The molecule has 2 rings (SSSR count). The number of benzene rings is 2. The Kier molecular flexibility index (Phi) is 4.99. The van der Waals surface area contributed by atoms with Crippen molar-refractivity contribution in [1.29, 1.82) is 0 Å². The summed E-state index contributed by atoms with van der Waals surface area (Å²) in [7, 11) is -2.01. The second kappa shape index (κ2) is 6.93. The summed E-state index contributed by atoms with van der Waals surface area (Å²) in [6.07, 6.45) is 0.204. The summed E-state index contributed by atoms with van der Waals surface area (Å²) in [5.41, 5.74) is 0.498. The first-order valence-corrected chi connectivity index (χ1v) is 7.67. The molecule has 0 aromatic heterocycles. The van der Waals surface area contributed by atoms with Crippen LogP contribution < -0.4 is 4.89 Å². The van der Waals surface area contributed by atoms with Gasteiger partial charge >= 0.3 is 11.9 Å². The van der Waals surface area contributed by atoms with Crippen molar-refractivity contribution < 1.29 is 24.7 Å². The third-order valence-corrected chi connectivity index (χ3v) is 3.89. The van der Waals surface area contributed by atoms with Gasteiger partial charge in [-0.05, 0) is 23.8 Å². The summed E-state index contributed by atoms with van der Waals surface area (Å²) in [4.78, 5) is 34.0. The Bertz CT molecular complexity index is 711. The number of aromatic carboxylic acids is 2. The summed E-state index contributed by atoms with van der Waals surface area (Å²) in [5, 5.41) is 18.0. The molecule has 0 saturated heterocycles. The first kappa shape index (κ1) is 15.8. The van der Waals surface area contributed by atoms with Gasteiger partial charge in [-0.15, -0.1) is 0 Å². The number of carboxylic acid groups (broad SMARTS) is 2. The van der Waals surface area contributed by atoms with Crippen molar-refractivity contribution in [2.24, 2.45) is 4.74 Å². The zero-order valence-electron chi connectivity index (χ0n) is 11.3. The van der Waals surface area contributed by atoms with E-state index in [4.69, 9.17) is 10.2 Å². The fourth-order valence-electron chi connectivity index (χ4n) is 1.82. The van der Waals surface area contributed by atoms with Crippen molar-refractivity contribution >= 4 is 25.6 Å². The number of hydrogen-bond acceptors (Lipinski definition) is 4. The molecule has 2 N–H and O–H groups in total. The van der Waals surface area contributed by atoms with Gasteiger partial charge in [-0.1, -0.05) is 35.1 Å². The fraction of sp³-hybridized carbons (Fsp3) is 0.0667. The van der Waals surface area contributed by atoms with Gasteiger partial charge in [0.1, 0.15) is 11.8 Å². The average Bonchev–Trinajstić information content (AvgIpc) is 2.47. The highest BCUT2D eigenvalue weighted by atomic mass is 31.1. The van der Waals surface area contributed by atoms with Crippen LogP contribution in [-0.2, 0) is 6.16 Å². The molecule has 0 aliphatic heterocycles. The quantitative estimate of drug-likeness (QED) is 0.824. The van der Waals surface area contributed by atoms with Gasteiger partial charge in [-0.25, -0.2) is 9.59 Å². The molecule has 2 aromatic carbocycles. The van der Waals surface area contributed by atoms with Crippen LogP contribution >= 0.6 is 7.94 Å². The molecule has 7 heteroatoms. The molecule has 0 aliphatic carbocycles. The molecule has 1 unspecified atom stereocenters. The predicted molar refractivity (Wildman–Crippen MR) is 79.5 cm³/mol. The van der Waals surface area contributed by atoms with Gasteiger partial charge in [-0.3, -0.25) is 0 Å². The van der Waals surface area contributed by atoms with Crippen LogP contribution in [0.25, 0.3) is 0 Å². The maximum Gasteiger partial charge on any atom is 0.335 e. The topological polar surface area (TPSA) is 110 Å². The Morgan fingerprint density at radius 2 is 1.55 bits per heavy atom. The van der Waals surface area contributed by atoms with Crippen molar-refractivity contribution in [3.8, 4) is 0 Å². The van der Waals surface area contributed by atoms with Crippen molar-refractivity contribution in [2.45, 2.75) is 6.16 Å². The third-order valence-electron chi connectivity index (χ3n) is 2.80. The first-order valence-electron chi connectivity index (χ1n) is 6.27. The molecular formula is C15H12NO5P. The van der Waals surface area contributed by atoms with Gasteiger partial charge in [0.25, 0.3) is 0 Å². The summed E-state index contributed by atoms with van der Waals surface area (Å²) in [5.74, 6) is -2.53. The fourth-order valence-corrected chi connectivity index (χ4v) is 2.79. The van der Waals surface area contributed by atoms with E-state index in [1.54, 1.807) is 12.1 Å². The van der Waals surface area contributed by atoms with Crippen molar-refractivity contribution in [2.75, 3.05) is 0 Å². The molecule has 0 saturated carbocycles. The second-order valence-electron chi connectivity index (χ2n) is 4.47. The van der Waals surface area contributed by atoms with Gasteiger partial charge < -0.3 is 15.1 Å². The van der Waals surface area contributed by atoms with Crippen LogP contribution in [0.1, 0.15) is 26.3 Å². The lowest BCUT2D eigenvalue weighted by Crippen LogP contribution is -2.02. The van der Waals surface area contributed by atoms with Crippen molar-refractivity contribution in [3.05, 3.63) is 65.2 Å². The maximum atomic E-state index is 12.0. The molecule has 0 heterocycles. The second-order valence-corrected chi connectivity index (χ2v) is 5.70. The van der Waals surface area contributed by atoms with Crippen LogP contribution in [0.15, 0.2) is 53.3 Å². The first-order chi connectivity index (χ1) is 10.5. The van der Waals surface area contributed by atoms with Gasteiger partial charge in [-0.2, -0.15) is 0 Å². The largest absolute Gasteiger partial charge is 0.612 e. The number of carboxylic acids is 2. The van der Waals surface area contributed by atoms with Gasteiger partial charge in [0.15, 0.2) is 7.94 Å². The molecule has 0 radical (unpaired) electrons. The van der Waals surface area contributed by atoms with E-state index in [1.165, 1.54) is 12.1 Å². The highest BCUT2D eigenvalue weighted by Gasteiger charge is 2.13. The van der Waals surface area contributed by atoms with E-state index in [-0.39, 0.29) is 23.0 Å². The number of nitrogens with zero attached hydrogens (tertiary/aromatic N) is 1. The van der Waals surface area contributed by atoms with Crippen LogP contribution in [0, 0.1) is 0 Å². The van der Waals surface area contributed by atoms with Gasteiger partial charge in [0.05, 0.1) is 11.1 Å².